The highest BCUT2D eigenvalue weighted by atomic mass is 16.6. The van der Waals surface area contributed by atoms with E-state index in [1.165, 1.54) is 20.3 Å². The van der Waals surface area contributed by atoms with Crippen LogP contribution in [-0.4, -0.2) is 31.9 Å². The van der Waals surface area contributed by atoms with E-state index >= 15 is 0 Å². The maximum absolute atomic E-state index is 10.8. The van der Waals surface area contributed by atoms with Crippen molar-refractivity contribution < 1.29 is 24.1 Å². The second kappa shape index (κ2) is 5.21. The molecule has 1 aromatic carbocycles. The van der Waals surface area contributed by atoms with Crippen LogP contribution in [-0.2, 0) is 4.79 Å². The van der Waals surface area contributed by atoms with Gasteiger partial charge in [0, 0.05) is 6.07 Å². The van der Waals surface area contributed by atoms with Gasteiger partial charge in [-0.3, -0.25) is 0 Å². The molecule has 0 saturated heterocycles. The number of methoxy groups -OCH3 is 2. The van der Waals surface area contributed by atoms with Crippen molar-refractivity contribution in [2.75, 3.05) is 20.8 Å². The maximum Gasteiger partial charge on any atom is 0.337 e. The summed E-state index contributed by atoms with van der Waals surface area (Å²) < 4.78 is 14.8. The van der Waals surface area contributed by atoms with Gasteiger partial charge in [-0.25, -0.2) is 4.79 Å². The molecule has 1 aromatic rings. The lowest BCUT2D eigenvalue weighted by Gasteiger charge is -2.09. The van der Waals surface area contributed by atoms with E-state index < -0.39 is 12.6 Å². The van der Waals surface area contributed by atoms with Crippen molar-refractivity contribution in [2.24, 2.45) is 0 Å². The number of esters is 1. The summed E-state index contributed by atoms with van der Waals surface area (Å²) >= 11 is 0. The molecule has 0 aliphatic heterocycles. The highest BCUT2D eigenvalue weighted by Gasteiger charge is 2.09. The van der Waals surface area contributed by atoms with Crippen LogP contribution in [0.25, 0.3) is 0 Å². The van der Waals surface area contributed by atoms with Crippen LogP contribution in [0.3, 0.4) is 0 Å². The van der Waals surface area contributed by atoms with Crippen molar-refractivity contribution in [3.05, 3.63) is 18.2 Å². The lowest BCUT2D eigenvalue weighted by molar-refractivity contribution is -0.137. The molecular formula is C10H12O5. The number of carbonyl (C=O) groups excluding carboxylic acids is 1. The molecular weight excluding hydrogens is 200 g/mol. The van der Waals surface area contributed by atoms with Gasteiger partial charge in [0.1, 0.15) is 12.4 Å². The molecule has 15 heavy (non-hydrogen) atoms. The monoisotopic (exact) mass is 212 g/mol. The molecule has 0 heterocycles. The van der Waals surface area contributed by atoms with E-state index in [4.69, 9.17) is 19.3 Å². The fourth-order valence-corrected chi connectivity index (χ4v) is 1.01. The van der Waals surface area contributed by atoms with Crippen molar-refractivity contribution >= 4 is 5.97 Å². The van der Waals surface area contributed by atoms with Crippen LogP contribution in [0.2, 0.25) is 0 Å². The fourth-order valence-electron chi connectivity index (χ4n) is 1.01. The van der Waals surface area contributed by atoms with Gasteiger partial charge in [0.25, 0.3) is 0 Å². The van der Waals surface area contributed by atoms with Crippen molar-refractivity contribution in [1.82, 2.24) is 0 Å². The topological polar surface area (TPSA) is 65.0 Å². The van der Waals surface area contributed by atoms with E-state index in [0.29, 0.717) is 11.5 Å². The summed E-state index contributed by atoms with van der Waals surface area (Å²) in [4.78, 5) is 10.8. The van der Waals surface area contributed by atoms with E-state index in [-0.39, 0.29) is 5.75 Å². The number of ether oxygens (including phenoxy) is 3. The van der Waals surface area contributed by atoms with Gasteiger partial charge in [0.2, 0.25) is 0 Å². The Labute approximate surface area is 87.2 Å². The van der Waals surface area contributed by atoms with Crippen LogP contribution < -0.4 is 14.2 Å². The number of rotatable bonds is 4. The Morgan fingerprint density at radius 2 is 2.00 bits per heavy atom. The number of hydrogen-bond acceptors (Lipinski definition) is 5. The second-order valence-corrected chi connectivity index (χ2v) is 2.65. The third-order valence-electron chi connectivity index (χ3n) is 1.72. The van der Waals surface area contributed by atoms with Gasteiger partial charge < -0.3 is 19.3 Å². The van der Waals surface area contributed by atoms with Crippen molar-refractivity contribution in [1.29, 1.82) is 0 Å². The number of benzene rings is 1. The molecule has 5 nitrogen and oxygen atoms in total. The summed E-state index contributed by atoms with van der Waals surface area (Å²) in [6.07, 6.45) is 0. The zero-order valence-electron chi connectivity index (χ0n) is 8.52. The molecule has 0 fully saturated rings. The normalized spacial score (nSPS) is 9.53. The first-order valence-corrected chi connectivity index (χ1v) is 4.24. The predicted molar refractivity (Wildman–Crippen MR) is 52.3 cm³/mol. The Morgan fingerprint density at radius 1 is 1.27 bits per heavy atom. The highest BCUT2D eigenvalue weighted by molar-refractivity contribution is 5.74. The first kappa shape index (κ1) is 11.3. The molecule has 0 aliphatic carbocycles. The smallest absolute Gasteiger partial charge is 0.337 e. The summed E-state index contributed by atoms with van der Waals surface area (Å²) in [6, 6.07) is 4.74. The maximum atomic E-state index is 10.8. The van der Waals surface area contributed by atoms with Crippen LogP contribution in [0.1, 0.15) is 0 Å². The Morgan fingerprint density at radius 3 is 2.53 bits per heavy atom. The molecule has 5 heteroatoms. The van der Waals surface area contributed by atoms with Gasteiger partial charge >= 0.3 is 5.97 Å². The molecule has 0 unspecified atom stereocenters. The Bertz CT molecular complexity index is 348. The first-order chi connectivity index (χ1) is 7.21. The van der Waals surface area contributed by atoms with Crippen LogP contribution in [0.5, 0.6) is 17.2 Å². The number of aliphatic hydroxyl groups is 1. The Hall–Kier alpha value is -1.75. The summed E-state index contributed by atoms with van der Waals surface area (Å²) in [5, 5.41) is 8.52. The van der Waals surface area contributed by atoms with E-state index in [2.05, 4.69) is 0 Å². The third-order valence-corrected chi connectivity index (χ3v) is 1.72. The van der Waals surface area contributed by atoms with Crippen LogP contribution in [0, 0.1) is 0 Å². The lowest BCUT2D eigenvalue weighted by Crippen LogP contribution is -2.12. The predicted octanol–water partition coefficient (Wildman–Crippen LogP) is 0.601. The molecule has 0 aliphatic rings. The Kier molecular flexibility index (Phi) is 3.93. The molecule has 0 radical (unpaired) electrons. The quantitative estimate of drug-likeness (QED) is 0.585. The van der Waals surface area contributed by atoms with Crippen molar-refractivity contribution in [3.63, 3.8) is 0 Å². The van der Waals surface area contributed by atoms with Crippen LogP contribution in [0.15, 0.2) is 18.2 Å². The van der Waals surface area contributed by atoms with Gasteiger partial charge in [-0.05, 0) is 12.1 Å². The molecule has 0 aromatic heterocycles. The van der Waals surface area contributed by atoms with Crippen LogP contribution >= 0.6 is 0 Å². The summed E-state index contributed by atoms with van der Waals surface area (Å²) in [5.74, 6) is 0.475. The average molecular weight is 212 g/mol. The number of carbonyl (C=O) groups is 1. The Balaban J connectivity index is 2.92. The zero-order chi connectivity index (χ0) is 11.3. The van der Waals surface area contributed by atoms with E-state index in [0.717, 1.165) is 0 Å². The third kappa shape index (κ3) is 2.85. The summed E-state index contributed by atoms with van der Waals surface area (Å²) in [5.41, 5.74) is 0. The molecule has 1 N–H and O–H groups in total. The number of aliphatic hydroxyl groups excluding tert-OH is 1. The molecule has 0 amide bonds. The average Bonchev–Trinajstić information content (AvgIpc) is 2.29. The minimum absolute atomic E-state index is 0.248. The molecule has 0 atom stereocenters. The SMILES string of the molecule is COc1ccc(OC(=O)CO)c(OC)c1. The first-order valence-electron chi connectivity index (χ1n) is 4.24. The minimum Gasteiger partial charge on any atom is -0.497 e. The van der Waals surface area contributed by atoms with E-state index in [1.807, 2.05) is 0 Å². The van der Waals surface area contributed by atoms with Gasteiger partial charge in [-0.2, -0.15) is 0 Å². The highest BCUT2D eigenvalue weighted by Crippen LogP contribution is 2.31. The van der Waals surface area contributed by atoms with E-state index in [9.17, 15) is 4.79 Å². The molecule has 0 bridgehead atoms. The minimum atomic E-state index is -0.738. The van der Waals surface area contributed by atoms with Crippen molar-refractivity contribution in [3.8, 4) is 17.2 Å². The number of hydrogen-bond donors (Lipinski definition) is 1. The largest absolute Gasteiger partial charge is 0.497 e. The summed E-state index contributed by atoms with van der Waals surface area (Å²) in [7, 11) is 2.97. The zero-order valence-corrected chi connectivity index (χ0v) is 8.52. The lowest BCUT2D eigenvalue weighted by atomic mass is 10.3. The van der Waals surface area contributed by atoms with Gasteiger partial charge in [-0.15, -0.1) is 0 Å². The summed E-state index contributed by atoms with van der Waals surface area (Å²) in [6.45, 7) is -0.671. The van der Waals surface area contributed by atoms with Gasteiger partial charge in [0.05, 0.1) is 14.2 Å². The molecule has 0 saturated carbocycles. The standard InChI is InChI=1S/C10H12O5/c1-13-7-3-4-8(9(5-7)14-2)15-10(12)6-11/h3-5,11H,6H2,1-2H3. The molecule has 82 valence electrons. The molecule has 0 spiro atoms. The second-order valence-electron chi connectivity index (χ2n) is 2.65. The van der Waals surface area contributed by atoms with Crippen LogP contribution in [0.4, 0.5) is 0 Å². The van der Waals surface area contributed by atoms with Crippen molar-refractivity contribution in [2.45, 2.75) is 0 Å². The van der Waals surface area contributed by atoms with E-state index in [1.54, 1.807) is 12.1 Å². The fraction of sp³-hybridized carbons (Fsp3) is 0.300. The van der Waals surface area contributed by atoms with Gasteiger partial charge in [0.15, 0.2) is 11.5 Å². The van der Waals surface area contributed by atoms with Gasteiger partial charge in [-0.1, -0.05) is 0 Å². The molecule has 1 rings (SSSR count).